The van der Waals surface area contributed by atoms with Crippen LogP contribution in [0.3, 0.4) is 0 Å². The minimum absolute atomic E-state index is 0.0553. The van der Waals surface area contributed by atoms with E-state index in [2.05, 4.69) is 10.3 Å². The number of aromatic amines is 1. The van der Waals surface area contributed by atoms with Crippen molar-refractivity contribution in [2.45, 2.75) is 25.4 Å². The SMILES string of the molecule is COc1cccc(CC(C)NC(=O)C2CSCN2C(=O)c2c[nH]c3ccccc23)c1. The number of para-hydroxylation sites is 1. The normalized spacial score (nSPS) is 17.1. The summed E-state index contributed by atoms with van der Waals surface area (Å²) in [6, 6.07) is 15.0. The topological polar surface area (TPSA) is 74.4 Å². The van der Waals surface area contributed by atoms with E-state index in [4.69, 9.17) is 4.74 Å². The highest BCUT2D eigenvalue weighted by molar-refractivity contribution is 7.99. The Morgan fingerprint density at radius 2 is 2.10 bits per heavy atom. The van der Waals surface area contributed by atoms with Crippen LogP contribution in [0.1, 0.15) is 22.8 Å². The number of nitrogens with one attached hydrogen (secondary N) is 2. The molecule has 4 rings (SSSR count). The Balaban J connectivity index is 1.43. The van der Waals surface area contributed by atoms with Gasteiger partial charge in [-0.3, -0.25) is 9.59 Å². The number of H-pyrrole nitrogens is 1. The third kappa shape index (κ3) is 4.16. The van der Waals surface area contributed by atoms with Gasteiger partial charge in [-0.25, -0.2) is 0 Å². The lowest BCUT2D eigenvalue weighted by Gasteiger charge is -2.25. The van der Waals surface area contributed by atoms with Gasteiger partial charge in [0.15, 0.2) is 0 Å². The maximum absolute atomic E-state index is 13.2. The molecule has 156 valence electrons. The lowest BCUT2D eigenvalue weighted by molar-refractivity contribution is -0.125. The van der Waals surface area contributed by atoms with Crippen molar-refractivity contribution in [1.82, 2.24) is 15.2 Å². The zero-order valence-electron chi connectivity index (χ0n) is 17.1. The molecule has 0 spiro atoms. The predicted octanol–water partition coefficient (Wildman–Crippen LogP) is 3.44. The van der Waals surface area contributed by atoms with Gasteiger partial charge < -0.3 is 19.9 Å². The average Bonchev–Trinajstić information content (AvgIpc) is 3.41. The Bertz CT molecular complexity index is 1060. The predicted molar refractivity (Wildman–Crippen MR) is 120 cm³/mol. The molecule has 0 radical (unpaired) electrons. The van der Waals surface area contributed by atoms with Gasteiger partial charge in [0.2, 0.25) is 5.91 Å². The summed E-state index contributed by atoms with van der Waals surface area (Å²) < 4.78 is 5.27. The number of hydrogen-bond acceptors (Lipinski definition) is 4. The number of amides is 2. The molecule has 2 amide bonds. The summed E-state index contributed by atoms with van der Waals surface area (Å²) in [6.07, 6.45) is 2.43. The van der Waals surface area contributed by atoms with Crippen molar-refractivity contribution in [2.75, 3.05) is 18.7 Å². The minimum atomic E-state index is -0.469. The quantitative estimate of drug-likeness (QED) is 0.637. The van der Waals surface area contributed by atoms with Crippen LogP contribution >= 0.6 is 11.8 Å². The number of methoxy groups -OCH3 is 1. The van der Waals surface area contributed by atoms with Crippen molar-refractivity contribution >= 4 is 34.5 Å². The second kappa shape index (κ2) is 8.83. The van der Waals surface area contributed by atoms with Crippen LogP contribution in [-0.4, -0.2) is 52.5 Å². The summed E-state index contributed by atoms with van der Waals surface area (Å²) >= 11 is 1.60. The van der Waals surface area contributed by atoms with E-state index in [-0.39, 0.29) is 17.9 Å². The van der Waals surface area contributed by atoms with E-state index in [9.17, 15) is 9.59 Å². The summed E-state index contributed by atoms with van der Waals surface area (Å²) in [5, 5.41) is 3.96. The van der Waals surface area contributed by atoms with Gasteiger partial charge in [-0.05, 0) is 37.1 Å². The lowest BCUT2D eigenvalue weighted by Crippen LogP contribution is -2.49. The van der Waals surface area contributed by atoms with Crippen molar-refractivity contribution in [2.24, 2.45) is 0 Å². The molecule has 1 aliphatic rings. The first-order chi connectivity index (χ1) is 14.6. The van der Waals surface area contributed by atoms with E-state index < -0.39 is 6.04 Å². The third-order valence-corrected chi connectivity index (χ3v) is 6.34. The molecule has 2 heterocycles. The van der Waals surface area contributed by atoms with E-state index in [1.165, 1.54) is 0 Å². The van der Waals surface area contributed by atoms with Crippen LogP contribution in [0.4, 0.5) is 0 Å². The molecule has 1 saturated heterocycles. The number of carbonyl (C=O) groups is 2. The molecule has 1 aliphatic heterocycles. The van der Waals surface area contributed by atoms with Gasteiger partial charge >= 0.3 is 0 Å². The minimum Gasteiger partial charge on any atom is -0.497 e. The summed E-state index contributed by atoms with van der Waals surface area (Å²) in [5.41, 5.74) is 2.62. The molecule has 1 fully saturated rings. The molecule has 6 nitrogen and oxygen atoms in total. The number of ether oxygens (including phenoxy) is 1. The molecule has 2 unspecified atom stereocenters. The molecule has 30 heavy (non-hydrogen) atoms. The maximum atomic E-state index is 13.2. The van der Waals surface area contributed by atoms with Crippen LogP contribution in [0, 0.1) is 0 Å². The molecule has 0 aliphatic carbocycles. The highest BCUT2D eigenvalue weighted by atomic mass is 32.2. The van der Waals surface area contributed by atoms with Crippen molar-refractivity contribution in [3.63, 3.8) is 0 Å². The number of hydrogen-bond donors (Lipinski definition) is 2. The van der Waals surface area contributed by atoms with E-state index in [0.29, 0.717) is 23.6 Å². The molecule has 2 aromatic carbocycles. The molecule has 2 atom stereocenters. The van der Waals surface area contributed by atoms with Gasteiger partial charge in [-0.1, -0.05) is 30.3 Å². The van der Waals surface area contributed by atoms with Crippen molar-refractivity contribution in [3.05, 3.63) is 65.9 Å². The number of fused-ring (bicyclic) bond motifs is 1. The van der Waals surface area contributed by atoms with Crippen LogP contribution in [0.15, 0.2) is 54.7 Å². The van der Waals surface area contributed by atoms with E-state index >= 15 is 0 Å². The molecular weight excluding hydrogens is 398 g/mol. The first kappa shape index (κ1) is 20.3. The Morgan fingerprint density at radius 3 is 2.93 bits per heavy atom. The van der Waals surface area contributed by atoms with Crippen LogP contribution in [-0.2, 0) is 11.2 Å². The van der Waals surface area contributed by atoms with Gasteiger partial charge in [0.1, 0.15) is 11.8 Å². The molecule has 7 heteroatoms. The molecular formula is C23H25N3O3S. The van der Waals surface area contributed by atoms with Gasteiger partial charge in [-0.15, -0.1) is 11.8 Å². The molecule has 0 bridgehead atoms. The fraction of sp³-hybridized carbons (Fsp3) is 0.304. The number of carbonyl (C=O) groups excluding carboxylic acids is 2. The van der Waals surface area contributed by atoms with Crippen LogP contribution < -0.4 is 10.1 Å². The number of rotatable bonds is 6. The smallest absolute Gasteiger partial charge is 0.257 e. The third-order valence-electron chi connectivity index (χ3n) is 5.33. The van der Waals surface area contributed by atoms with Crippen molar-refractivity contribution in [3.8, 4) is 5.75 Å². The first-order valence-electron chi connectivity index (χ1n) is 9.95. The molecule has 3 aromatic rings. The van der Waals surface area contributed by atoms with E-state index in [1.807, 2.05) is 55.5 Å². The van der Waals surface area contributed by atoms with Crippen molar-refractivity contribution < 1.29 is 14.3 Å². The summed E-state index contributed by atoms with van der Waals surface area (Å²) in [6.45, 7) is 1.98. The Hall–Kier alpha value is -2.93. The molecule has 1 aromatic heterocycles. The highest BCUT2D eigenvalue weighted by Crippen LogP contribution is 2.26. The van der Waals surface area contributed by atoms with Crippen LogP contribution in [0.5, 0.6) is 5.75 Å². The fourth-order valence-corrected chi connectivity index (χ4v) is 4.96. The Labute approximate surface area is 180 Å². The van der Waals surface area contributed by atoms with Crippen LogP contribution in [0.25, 0.3) is 10.9 Å². The molecule has 0 saturated carbocycles. The highest BCUT2D eigenvalue weighted by Gasteiger charge is 2.36. The van der Waals surface area contributed by atoms with Gasteiger partial charge in [-0.2, -0.15) is 0 Å². The van der Waals surface area contributed by atoms with Gasteiger partial charge in [0, 0.05) is 28.9 Å². The second-order valence-corrected chi connectivity index (χ2v) is 8.50. The number of thioether (sulfide) groups is 1. The second-order valence-electron chi connectivity index (χ2n) is 7.50. The first-order valence-corrected chi connectivity index (χ1v) is 11.1. The maximum Gasteiger partial charge on any atom is 0.257 e. The Kier molecular flexibility index (Phi) is 5.99. The Morgan fingerprint density at radius 1 is 1.27 bits per heavy atom. The zero-order chi connectivity index (χ0) is 21.1. The number of aromatic nitrogens is 1. The van der Waals surface area contributed by atoms with E-state index in [1.54, 1.807) is 30.0 Å². The zero-order valence-corrected chi connectivity index (χ0v) is 17.9. The van der Waals surface area contributed by atoms with Gasteiger partial charge in [0.25, 0.3) is 5.91 Å². The monoisotopic (exact) mass is 423 g/mol. The summed E-state index contributed by atoms with van der Waals surface area (Å²) in [7, 11) is 1.64. The number of nitrogens with zero attached hydrogens (tertiary/aromatic N) is 1. The lowest BCUT2D eigenvalue weighted by atomic mass is 10.1. The van der Waals surface area contributed by atoms with Gasteiger partial charge in [0.05, 0.1) is 18.6 Å². The summed E-state index contributed by atoms with van der Waals surface area (Å²) in [4.78, 5) is 31.0. The average molecular weight is 424 g/mol. The fourth-order valence-electron chi connectivity index (χ4n) is 3.81. The standard InChI is InChI=1S/C23H25N3O3S/c1-15(10-16-6-5-7-17(11-16)29-2)25-22(27)21-13-30-14-26(21)23(28)19-12-24-20-9-4-3-8-18(19)20/h3-9,11-12,15,21,24H,10,13-14H2,1-2H3,(H,25,27). The van der Waals surface area contributed by atoms with Crippen LogP contribution in [0.2, 0.25) is 0 Å². The van der Waals surface area contributed by atoms with Crippen molar-refractivity contribution in [1.29, 1.82) is 0 Å². The largest absolute Gasteiger partial charge is 0.497 e. The number of benzene rings is 2. The van der Waals surface area contributed by atoms with E-state index in [0.717, 1.165) is 22.2 Å². The summed E-state index contributed by atoms with van der Waals surface area (Å²) in [5.74, 6) is 1.70. The molecule has 2 N–H and O–H groups in total.